The summed E-state index contributed by atoms with van der Waals surface area (Å²) in [5, 5.41) is 12.3. The van der Waals surface area contributed by atoms with Crippen LogP contribution in [0.4, 0.5) is 10.5 Å². The first kappa shape index (κ1) is 17.3. The average molecular weight is 346 g/mol. The van der Waals surface area contributed by atoms with Crippen LogP contribution in [0.25, 0.3) is 0 Å². The van der Waals surface area contributed by atoms with Gasteiger partial charge in [-0.1, -0.05) is 20.8 Å². The predicted octanol–water partition coefficient (Wildman–Crippen LogP) is 2.19. The van der Waals surface area contributed by atoms with Gasteiger partial charge < -0.3 is 15.2 Å². The SMILES string of the molecule is CC(C)(C)C1Cc2cc(C(=O)N[C@H]3CCOC3=O)ccc2N1C(=O)O. The number of carboxylic acid groups (broad SMARTS) is 1. The highest BCUT2D eigenvalue weighted by atomic mass is 16.5. The number of hydrogen-bond donors (Lipinski definition) is 2. The number of carbonyl (C=O) groups excluding carboxylic acids is 2. The molecule has 2 N–H and O–H groups in total. The molecule has 2 heterocycles. The molecule has 25 heavy (non-hydrogen) atoms. The summed E-state index contributed by atoms with van der Waals surface area (Å²) in [5.74, 6) is -0.771. The van der Waals surface area contributed by atoms with Gasteiger partial charge in [0.15, 0.2) is 0 Å². The first-order valence-corrected chi connectivity index (χ1v) is 8.31. The molecule has 3 rings (SSSR count). The third-order valence-electron chi connectivity index (χ3n) is 4.77. The fraction of sp³-hybridized carbons (Fsp3) is 0.500. The van der Waals surface area contributed by atoms with E-state index in [1.165, 1.54) is 4.90 Å². The summed E-state index contributed by atoms with van der Waals surface area (Å²) in [5.41, 5.74) is 1.62. The van der Waals surface area contributed by atoms with E-state index in [1.807, 2.05) is 20.8 Å². The second kappa shape index (κ2) is 6.06. The summed E-state index contributed by atoms with van der Waals surface area (Å²) in [4.78, 5) is 37.0. The van der Waals surface area contributed by atoms with Gasteiger partial charge in [0.2, 0.25) is 0 Å². The molecule has 1 aromatic rings. The number of nitrogens with zero attached hydrogens (tertiary/aromatic N) is 1. The van der Waals surface area contributed by atoms with Gasteiger partial charge in [0.1, 0.15) is 6.04 Å². The van der Waals surface area contributed by atoms with Crippen molar-refractivity contribution in [1.29, 1.82) is 0 Å². The molecule has 1 saturated heterocycles. The Morgan fingerprint density at radius 1 is 1.32 bits per heavy atom. The zero-order valence-corrected chi connectivity index (χ0v) is 14.5. The highest BCUT2D eigenvalue weighted by Crippen LogP contribution is 2.40. The van der Waals surface area contributed by atoms with Gasteiger partial charge in [-0.15, -0.1) is 0 Å². The van der Waals surface area contributed by atoms with Crippen LogP contribution in [0.5, 0.6) is 0 Å². The van der Waals surface area contributed by atoms with Crippen molar-refractivity contribution in [3.05, 3.63) is 29.3 Å². The van der Waals surface area contributed by atoms with Crippen molar-refractivity contribution in [2.45, 2.75) is 45.7 Å². The van der Waals surface area contributed by atoms with Crippen molar-refractivity contribution in [3.8, 4) is 0 Å². The van der Waals surface area contributed by atoms with E-state index < -0.39 is 18.1 Å². The van der Waals surface area contributed by atoms with Crippen LogP contribution < -0.4 is 10.2 Å². The second-order valence-corrected chi connectivity index (χ2v) is 7.56. The van der Waals surface area contributed by atoms with E-state index in [0.29, 0.717) is 30.7 Å². The van der Waals surface area contributed by atoms with Crippen molar-refractivity contribution >= 4 is 23.7 Å². The van der Waals surface area contributed by atoms with E-state index in [9.17, 15) is 19.5 Å². The highest BCUT2D eigenvalue weighted by molar-refractivity contribution is 5.99. The maximum atomic E-state index is 12.4. The molecule has 2 aliphatic rings. The monoisotopic (exact) mass is 346 g/mol. The summed E-state index contributed by atoms with van der Waals surface area (Å²) < 4.78 is 4.84. The van der Waals surface area contributed by atoms with Gasteiger partial charge in [-0.25, -0.2) is 9.59 Å². The Morgan fingerprint density at radius 2 is 2.04 bits per heavy atom. The molecule has 0 saturated carbocycles. The molecule has 2 amide bonds. The minimum absolute atomic E-state index is 0.192. The lowest BCUT2D eigenvalue weighted by Gasteiger charge is -2.33. The number of esters is 1. The van der Waals surface area contributed by atoms with Crippen molar-refractivity contribution < 1.29 is 24.2 Å². The largest absolute Gasteiger partial charge is 0.465 e. The molecular formula is C18H22N2O5. The van der Waals surface area contributed by atoms with Gasteiger partial charge >= 0.3 is 12.1 Å². The van der Waals surface area contributed by atoms with E-state index in [4.69, 9.17) is 4.74 Å². The van der Waals surface area contributed by atoms with E-state index >= 15 is 0 Å². The Hall–Kier alpha value is -2.57. The van der Waals surface area contributed by atoms with Crippen LogP contribution in [0.15, 0.2) is 18.2 Å². The standard InChI is InChI=1S/C18H22N2O5/c1-18(2,3)14-9-11-8-10(4-5-13(11)20(14)17(23)24)15(21)19-12-6-7-25-16(12)22/h4-5,8,12,14H,6-7,9H2,1-3H3,(H,19,21)(H,23,24)/t12-,14?/m0/s1. The normalized spacial score (nSPS) is 22.5. The van der Waals surface area contributed by atoms with E-state index in [0.717, 1.165) is 5.56 Å². The van der Waals surface area contributed by atoms with Crippen LogP contribution in [0.3, 0.4) is 0 Å². The molecule has 0 aromatic heterocycles. The zero-order valence-electron chi connectivity index (χ0n) is 14.5. The number of ether oxygens (including phenoxy) is 1. The number of fused-ring (bicyclic) bond motifs is 1. The maximum Gasteiger partial charge on any atom is 0.412 e. The molecular weight excluding hydrogens is 324 g/mol. The van der Waals surface area contributed by atoms with Gasteiger partial charge in [0, 0.05) is 18.0 Å². The molecule has 1 aromatic carbocycles. The number of benzene rings is 1. The number of carbonyl (C=O) groups is 3. The van der Waals surface area contributed by atoms with Crippen LogP contribution in [0.1, 0.15) is 43.1 Å². The summed E-state index contributed by atoms with van der Waals surface area (Å²) in [6.07, 6.45) is 0.0242. The number of hydrogen-bond acceptors (Lipinski definition) is 4. The summed E-state index contributed by atoms with van der Waals surface area (Å²) >= 11 is 0. The lowest BCUT2D eigenvalue weighted by Crippen LogP contribution is -2.44. The summed E-state index contributed by atoms with van der Waals surface area (Å²) in [7, 11) is 0. The molecule has 0 spiro atoms. The molecule has 7 nitrogen and oxygen atoms in total. The molecule has 0 bridgehead atoms. The smallest absolute Gasteiger partial charge is 0.412 e. The van der Waals surface area contributed by atoms with Crippen molar-refractivity contribution in [2.75, 3.05) is 11.5 Å². The lowest BCUT2D eigenvalue weighted by atomic mass is 9.84. The Morgan fingerprint density at radius 3 is 2.60 bits per heavy atom. The second-order valence-electron chi connectivity index (χ2n) is 7.56. The molecule has 0 aliphatic carbocycles. The first-order chi connectivity index (χ1) is 11.7. The lowest BCUT2D eigenvalue weighted by molar-refractivity contribution is -0.139. The Balaban J connectivity index is 1.85. The molecule has 7 heteroatoms. The molecule has 2 atom stereocenters. The third kappa shape index (κ3) is 3.18. The van der Waals surface area contributed by atoms with Crippen LogP contribution in [0, 0.1) is 5.41 Å². The number of rotatable bonds is 2. The van der Waals surface area contributed by atoms with Gasteiger partial charge in [0.05, 0.1) is 12.3 Å². The van der Waals surface area contributed by atoms with E-state index in [2.05, 4.69) is 5.32 Å². The zero-order chi connectivity index (χ0) is 18.4. The topological polar surface area (TPSA) is 95.9 Å². The molecule has 134 valence electrons. The number of amides is 2. The third-order valence-corrected chi connectivity index (χ3v) is 4.77. The Bertz CT molecular complexity index is 737. The maximum absolute atomic E-state index is 12.4. The summed E-state index contributed by atoms with van der Waals surface area (Å²) in [6, 6.07) is 4.17. The molecule has 0 radical (unpaired) electrons. The van der Waals surface area contributed by atoms with Crippen LogP contribution in [-0.2, 0) is 16.0 Å². The van der Waals surface area contributed by atoms with Crippen molar-refractivity contribution in [3.63, 3.8) is 0 Å². The highest BCUT2D eigenvalue weighted by Gasteiger charge is 2.41. The summed E-state index contributed by atoms with van der Waals surface area (Å²) in [6.45, 7) is 6.31. The molecule has 1 fully saturated rings. The van der Waals surface area contributed by atoms with E-state index in [-0.39, 0.29) is 17.4 Å². The molecule has 1 unspecified atom stereocenters. The first-order valence-electron chi connectivity index (χ1n) is 8.31. The number of cyclic esters (lactones) is 1. The number of anilines is 1. The minimum atomic E-state index is -0.996. The van der Waals surface area contributed by atoms with E-state index in [1.54, 1.807) is 18.2 Å². The van der Waals surface area contributed by atoms with Crippen LogP contribution >= 0.6 is 0 Å². The van der Waals surface area contributed by atoms with Gasteiger partial charge in [-0.2, -0.15) is 0 Å². The van der Waals surface area contributed by atoms with Crippen molar-refractivity contribution in [1.82, 2.24) is 5.32 Å². The van der Waals surface area contributed by atoms with Crippen LogP contribution in [0.2, 0.25) is 0 Å². The molecule has 2 aliphatic heterocycles. The van der Waals surface area contributed by atoms with Gasteiger partial charge in [0.25, 0.3) is 5.91 Å². The van der Waals surface area contributed by atoms with Gasteiger partial charge in [-0.05, 0) is 35.6 Å². The fourth-order valence-corrected chi connectivity index (χ4v) is 3.39. The minimum Gasteiger partial charge on any atom is -0.465 e. The Kier molecular flexibility index (Phi) is 4.18. The quantitative estimate of drug-likeness (QED) is 0.800. The average Bonchev–Trinajstić information content (AvgIpc) is 3.10. The fourth-order valence-electron chi connectivity index (χ4n) is 3.39. The predicted molar refractivity (Wildman–Crippen MR) is 90.7 cm³/mol. The van der Waals surface area contributed by atoms with Crippen molar-refractivity contribution in [2.24, 2.45) is 5.41 Å². The number of nitrogens with one attached hydrogen (secondary N) is 1. The van der Waals surface area contributed by atoms with Gasteiger partial charge in [-0.3, -0.25) is 9.69 Å². The Labute approximate surface area is 146 Å². The van der Waals surface area contributed by atoms with Crippen LogP contribution in [-0.4, -0.2) is 41.8 Å².